The van der Waals surface area contributed by atoms with Crippen molar-refractivity contribution in [1.29, 1.82) is 10.5 Å². The minimum absolute atomic E-state index is 0.197. The summed E-state index contributed by atoms with van der Waals surface area (Å²) in [5, 5.41) is 35.3. The normalized spacial score (nSPS) is 11.6. The van der Waals surface area contributed by atoms with Crippen molar-refractivity contribution < 1.29 is 0 Å². The number of nitrogens with zero attached hydrogens (tertiary/aromatic N) is 6. The number of hydrogen-bond donors (Lipinski definition) is 0. The Hall–Kier alpha value is -15.1. The lowest BCUT2D eigenvalue weighted by Crippen LogP contribution is -2.18. The van der Waals surface area contributed by atoms with E-state index in [0.29, 0.717) is 33.6 Å². The molecule has 0 aliphatic heterocycles. The maximum Gasteiger partial charge on any atom is 0.104 e. The van der Waals surface area contributed by atoms with Crippen LogP contribution < -0.4 is 0 Å². The first-order valence-corrected chi connectivity index (χ1v) is 38.2. The number of nitriles is 2. The molecule has 21 rings (SSSR count). The highest BCUT2D eigenvalue weighted by molar-refractivity contribution is 6.16. The van der Waals surface area contributed by atoms with E-state index in [1.54, 1.807) is 0 Å². The molecule has 4 heterocycles. The van der Waals surface area contributed by atoms with E-state index in [-0.39, 0.29) is 13.1 Å². The maximum absolute atomic E-state index is 13.5. The summed E-state index contributed by atoms with van der Waals surface area (Å²) in [5.74, 6) is 0. The summed E-state index contributed by atoms with van der Waals surface area (Å²) in [5.41, 5.74) is 28.7. The molecule has 0 N–H and O–H groups in total. The summed E-state index contributed by atoms with van der Waals surface area (Å²) in [6.07, 6.45) is 0. The summed E-state index contributed by atoms with van der Waals surface area (Å²) in [6.45, 7) is 0.395. The van der Waals surface area contributed by atoms with Gasteiger partial charge in [0.05, 0.1) is 58.2 Å². The molecule has 0 fully saturated rings. The van der Waals surface area contributed by atoms with Gasteiger partial charge in [0.1, 0.15) is 11.6 Å². The first-order valence-electron chi connectivity index (χ1n) is 38.2. The van der Waals surface area contributed by atoms with Crippen LogP contribution >= 0.6 is 0 Å². The van der Waals surface area contributed by atoms with Gasteiger partial charge in [-0.25, -0.2) is 0 Å². The molecule has 0 saturated carbocycles. The van der Waals surface area contributed by atoms with E-state index < -0.39 is 0 Å². The molecule has 0 spiro atoms. The molecule has 0 aliphatic carbocycles. The Bertz CT molecular complexity index is 6570. The predicted molar refractivity (Wildman–Crippen MR) is 465 cm³/mol. The molecule has 0 atom stereocenters. The van der Waals surface area contributed by atoms with Crippen molar-refractivity contribution in [3.63, 3.8) is 0 Å². The minimum Gasteiger partial charge on any atom is -0.336 e. The Morgan fingerprint density at radius 3 is 0.527 bits per heavy atom. The number of benzene rings is 17. The van der Waals surface area contributed by atoms with Gasteiger partial charge in [0.2, 0.25) is 0 Å². The van der Waals surface area contributed by atoms with E-state index >= 15 is 0 Å². The van der Waals surface area contributed by atoms with Gasteiger partial charge in [0.25, 0.3) is 0 Å². The van der Waals surface area contributed by atoms with Crippen LogP contribution in [-0.2, 0) is 13.1 Å². The van der Waals surface area contributed by atoms with Gasteiger partial charge in [-0.2, -0.15) is 10.5 Å². The van der Waals surface area contributed by atoms with Crippen molar-refractivity contribution in [2.75, 3.05) is 0 Å². The van der Waals surface area contributed by atoms with Gasteiger partial charge < -0.3 is 18.3 Å². The van der Waals surface area contributed by atoms with Crippen LogP contribution in [0.15, 0.2) is 388 Å². The van der Waals surface area contributed by atoms with E-state index in [2.05, 4.69) is 419 Å². The van der Waals surface area contributed by atoms with E-state index in [9.17, 15) is 10.5 Å². The summed E-state index contributed by atoms with van der Waals surface area (Å²) < 4.78 is 9.52. The number of rotatable bonds is 14. The minimum atomic E-state index is 0.197. The Kier molecular flexibility index (Phi) is 15.7. The SMILES string of the molecule is N#Cc1c(Cn2c3ccc(-c4ccccc4)cc3c3cc(-c4ccccc4)ccc32)c(-n2c3ccc(-c4ccccc4)cc3c3cc(-c4ccccc4)ccc32)c(C#N)c(-n2c3ccc(-c4ccccc4)cc3c3cc(-c4ccccc4)ccc32)c1Cn1c2ccc(-c3ccccc3)cc2c2cc(-c3ccccc3)ccc21. The fourth-order valence-electron chi connectivity index (χ4n) is 17.7. The van der Waals surface area contributed by atoms with Gasteiger partial charge in [-0.1, -0.05) is 291 Å². The van der Waals surface area contributed by atoms with E-state index in [1.807, 2.05) is 0 Å². The zero-order valence-electron chi connectivity index (χ0n) is 61.0. The summed E-state index contributed by atoms with van der Waals surface area (Å²) in [4.78, 5) is 0. The van der Waals surface area contributed by atoms with Crippen molar-refractivity contribution in [1.82, 2.24) is 18.3 Å². The first kappa shape index (κ1) is 65.2. The topological polar surface area (TPSA) is 67.3 Å². The Morgan fingerprint density at radius 2 is 0.348 bits per heavy atom. The molecule has 0 aliphatic rings. The number of fused-ring (bicyclic) bond motifs is 12. The van der Waals surface area contributed by atoms with Gasteiger partial charge in [-0.05, 0) is 186 Å². The highest BCUT2D eigenvalue weighted by Crippen LogP contribution is 2.48. The average molecular weight is 1430 g/mol. The average Bonchev–Trinajstić information content (AvgIpc) is 1.51. The molecule has 6 nitrogen and oxygen atoms in total. The van der Waals surface area contributed by atoms with Crippen LogP contribution in [0, 0.1) is 22.7 Å². The van der Waals surface area contributed by atoms with Crippen LogP contribution in [0.4, 0.5) is 0 Å². The second-order valence-electron chi connectivity index (χ2n) is 29.3. The lowest BCUT2D eigenvalue weighted by atomic mass is 9.91. The summed E-state index contributed by atoms with van der Waals surface area (Å²) in [6, 6.07) is 145. The lowest BCUT2D eigenvalue weighted by molar-refractivity contribution is 0.823. The van der Waals surface area contributed by atoms with Crippen LogP contribution in [0.25, 0.3) is 188 Å². The zero-order valence-corrected chi connectivity index (χ0v) is 61.0. The number of aromatic nitrogens is 4. The molecule has 17 aromatic carbocycles. The third kappa shape index (κ3) is 10.9. The molecule has 4 aromatic heterocycles. The van der Waals surface area contributed by atoms with Gasteiger partial charge in [-0.3, -0.25) is 0 Å². The highest BCUT2D eigenvalue weighted by Gasteiger charge is 2.33. The quantitative estimate of drug-likeness (QED) is 0.109. The fourth-order valence-corrected chi connectivity index (χ4v) is 17.7. The molecule has 522 valence electrons. The molecule has 0 radical (unpaired) electrons. The summed E-state index contributed by atoms with van der Waals surface area (Å²) in [7, 11) is 0. The van der Waals surface area contributed by atoms with Crippen LogP contribution in [0.2, 0.25) is 0 Å². The number of hydrogen-bond acceptors (Lipinski definition) is 2. The van der Waals surface area contributed by atoms with Crippen molar-refractivity contribution in [2.45, 2.75) is 13.1 Å². The molecular formula is C106H68N6. The van der Waals surface area contributed by atoms with Gasteiger partial charge in [0, 0.05) is 76.3 Å². The fraction of sp³-hybridized carbons (Fsp3) is 0.0189. The molecular weight excluding hydrogens is 1360 g/mol. The molecule has 0 amide bonds. The van der Waals surface area contributed by atoms with Crippen molar-refractivity contribution >= 4 is 87.2 Å². The standard InChI is InChI=1S/C106H68N6/c107-65-93-95(67-109-97-49-41-77(69-25-9-1-10-26-69)57-85(97)86-58-78(42-50-98(86)109)70-27-11-2-12-28-70)105(111-101-53-45-81(73-33-17-5-18-34-73)61-89(101)90-62-82(46-54-102(90)111)74-35-19-6-20-36-74)94(66-108)106(112-103-55-47-83(75-37-21-7-22-38-75)63-91(103)92-64-84(48-56-104(92)112)76-39-23-8-24-40-76)96(93)68-110-99-51-43-79(71-29-13-3-14-30-71)59-87(99)88-60-80(44-52-100(88)110)72-31-15-4-16-32-72/h1-64H,67-68H2. The van der Waals surface area contributed by atoms with Gasteiger partial charge in [-0.15, -0.1) is 0 Å². The highest BCUT2D eigenvalue weighted by atomic mass is 15.1. The van der Waals surface area contributed by atoms with E-state index in [4.69, 9.17) is 0 Å². The van der Waals surface area contributed by atoms with E-state index in [0.717, 1.165) is 176 Å². The monoisotopic (exact) mass is 1420 g/mol. The summed E-state index contributed by atoms with van der Waals surface area (Å²) >= 11 is 0. The largest absolute Gasteiger partial charge is 0.336 e. The van der Waals surface area contributed by atoms with Crippen LogP contribution in [0.1, 0.15) is 22.3 Å². The molecule has 0 saturated heterocycles. The van der Waals surface area contributed by atoms with Crippen LogP contribution in [-0.4, -0.2) is 18.3 Å². The van der Waals surface area contributed by atoms with E-state index in [1.165, 1.54) is 0 Å². The molecule has 0 unspecified atom stereocenters. The lowest BCUT2D eigenvalue weighted by Gasteiger charge is -2.26. The molecule has 112 heavy (non-hydrogen) atoms. The molecule has 0 bridgehead atoms. The van der Waals surface area contributed by atoms with Crippen LogP contribution in [0.5, 0.6) is 0 Å². The third-order valence-corrected chi connectivity index (χ3v) is 23.1. The van der Waals surface area contributed by atoms with Crippen molar-refractivity contribution in [3.05, 3.63) is 411 Å². The zero-order chi connectivity index (χ0) is 74.3. The van der Waals surface area contributed by atoms with Gasteiger partial charge >= 0.3 is 0 Å². The molecule has 21 aromatic rings. The Balaban J connectivity index is 0.933. The van der Waals surface area contributed by atoms with Crippen molar-refractivity contribution in [2.24, 2.45) is 0 Å². The van der Waals surface area contributed by atoms with Crippen molar-refractivity contribution in [3.8, 4) is 113 Å². The third-order valence-electron chi connectivity index (χ3n) is 23.1. The smallest absolute Gasteiger partial charge is 0.104 e. The maximum atomic E-state index is 13.5. The Labute approximate surface area is 647 Å². The second-order valence-corrected chi connectivity index (χ2v) is 29.3. The molecule has 6 heteroatoms. The predicted octanol–water partition coefficient (Wildman–Crippen LogP) is 27.3. The second kappa shape index (κ2) is 27.0. The Morgan fingerprint density at radius 1 is 0.179 bits per heavy atom. The van der Waals surface area contributed by atoms with Gasteiger partial charge in [0.15, 0.2) is 0 Å². The van der Waals surface area contributed by atoms with Crippen LogP contribution in [0.3, 0.4) is 0 Å². The first-order chi connectivity index (χ1) is 55.5.